The third-order valence-corrected chi connectivity index (χ3v) is 5.75. The summed E-state index contributed by atoms with van der Waals surface area (Å²) >= 11 is 1.42. The van der Waals surface area contributed by atoms with Gasteiger partial charge in [0.25, 0.3) is 0 Å². The molecule has 1 amide bonds. The van der Waals surface area contributed by atoms with Gasteiger partial charge in [0, 0.05) is 12.2 Å². The van der Waals surface area contributed by atoms with E-state index in [-0.39, 0.29) is 11.7 Å². The molecule has 4 rings (SSSR count). The standard InChI is InChI=1S/C24H23N3O3S/c1-29-21-13-12-17(14-22(21)30-2)15-25-23(28)16-31-24-26-19-10-6-7-11-20(19)27(24)18-8-4-3-5-9-18/h3-14H,15-16H2,1-2H3,(H,25,28). The minimum atomic E-state index is -0.0635. The molecule has 0 fully saturated rings. The zero-order valence-electron chi connectivity index (χ0n) is 17.4. The lowest BCUT2D eigenvalue weighted by Gasteiger charge is -2.11. The number of carbonyl (C=O) groups is 1. The van der Waals surface area contributed by atoms with Gasteiger partial charge in [-0.15, -0.1) is 0 Å². The quantitative estimate of drug-likeness (QED) is 0.416. The number of hydrogen-bond acceptors (Lipinski definition) is 5. The fourth-order valence-corrected chi connectivity index (χ4v) is 4.16. The van der Waals surface area contributed by atoms with Crippen molar-refractivity contribution in [1.29, 1.82) is 0 Å². The summed E-state index contributed by atoms with van der Waals surface area (Å²) < 4.78 is 12.7. The number of carbonyl (C=O) groups excluding carboxylic acids is 1. The maximum absolute atomic E-state index is 12.5. The largest absolute Gasteiger partial charge is 0.493 e. The van der Waals surface area contributed by atoms with Crippen LogP contribution in [0.2, 0.25) is 0 Å². The molecule has 3 aromatic carbocycles. The van der Waals surface area contributed by atoms with Crippen LogP contribution in [0.25, 0.3) is 16.7 Å². The molecule has 0 saturated heterocycles. The Kier molecular flexibility index (Phi) is 6.43. The van der Waals surface area contributed by atoms with E-state index >= 15 is 0 Å². The van der Waals surface area contributed by atoms with Crippen molar-refractivity contribution in [2.45, 2.75) is 11.7 Å². The molecule has 1 aromatic heterocycles. The number of nitrogens with zero attached hydrogens (tertiary/aromatic N) is 2. The molecule has 158 valence electrons. The van der Waals surface area contributed by atoms with Crippen molar-refractivity contribution in [1.82, 2.24) is 14.9 Å². The normalized spacial score (nSPS) is 10.8. The van der Waals surface area contributed by atoms with Crippen LogP contribution in [0.15, 0.2) is 78.0 Å². The van der Waals surface area contributed by atoms with Crippen molar-refractivity contribution >= 4 is 28.7 Å². The van der Waals surface area contributed by atoms with E-state index in [1.807, 2.05) is 72.8 Å². The van der Waals surface area contributed by atoms with Gasteiger partial charge < -0.3 is 14.8 Å². The second kappa shape index (κ2) is 9.57. The average Bonchev–Trinajstić information content (AvgIpc) is 3.20. The molecular weight excluding hydrogens is 410 g/mol. The Morgan fingerprint density at radius 2 is 1.71 bits per heavy atom. The topological polar surface area (TPSA) is 65.4 Å². The van der Waals surface area contributed by atoms with Gasteiger partial charge in [0.15, 0.2) is 16.7 Å². The molecule has 0 bridgehead atoms. The highest BCUT2D eigenvalue weighted by molar-refractivity contribution is 7.99. The van der Waals surface area contributed by atoms with Crippen LogP contribution in [-0.4, -0.2) is 35.4 Å². The van der Waals surface area contributed by atoms with Crippen molar-refractivity contribution in [3.05, 3.63) is 78.4 Å². The molecule has 4 aromatic rings. The number of amides is 1. The molecular formula is C24H23N3O3S. The van der Waals surface area contributed by atoms with Gasteiger partial charge in [0.2, 0.25) is 5.91 Å². The summed E-state index contributed by atoms with van der Waals surface area (Å²) in [5, 5.41) is 3.74. The summed E-state index contributed by atoms with van der Waals surface area (Å²) in [6, 6.07) is 23.6. The summed E-state index contributed by atoms with van der Waals surface area (Å²) in [6.07, 6.45) is 0. The van der Waals surface area contributed by atoms with Gasteiger partial charge in [-0.2, -0.15) is 0 Å². The molecule has 0 atom stereocenters. The Morgan fingerprint density at radius 1 is 0.968 bits per heavy atom. The van der Waals surface area contributed by atoms with E-state index < -0.39 is 0 Å². The van der Waals surface area contributed by atoms with Crippen molar-refractivity contribution in [3.63, 3.8) is 0 Å². The van der Waals surface area contributed by atoms with Crippen LogP contribution in [-0.2, 0) is 11.3 Å². The predicted octanol–water partition coefficient (Wildman–Crippen LogP) is 4.45. The molecule has 0 spiro atoms. The van der Waals surface area contributed by atoms with E-state index in [1.165, 1.54) is 11.8 Å². The monoisotopic (exact) mass is 433 g/mol. The summed E-state index contributed by atoms with van der Waals surface area (Å²) in [5.41, 5.74) is 3.87. The van der Waals surface area contributed by atoms with E-state index in [0.29, 0.717) is 18.0 Å². The first-order chi connectivity index (χ1) is 15.2. The first-order valence-corrected chi connectivity index (χ1v) is 10.8. The van der Waals surface area contributed by atoms with Crippen LogP contribution in [0.4, 0.5) is 0 Å². The minimum absolute atomic E-state index is 0.0635. The fourth-order valence-electron chi connectivity index (χ4n) is 3.30. The zero-order valence-corrected chi connectivity index (χ0v) is 18.2. The maximum Gasteiger partial charge on any atom is 0.230 e. The average molecular weight is 434 g/mol. The molecule has 0 aliphatic rings. The third kappa shape index (κ3) is 4.67. The number of ether oxygens (including phenoxy) is 2. The molecule has 0 aliphatic heterocycles. The number of nitrogens with one attached hydrogen (secondary N) is 1. The Hall–Kier alpha value is -3.45. The van der Waals surface area contributed by atoms with Crippen molar-refractivity contribution in [2.24, 2.45) is 0 Å². The maximum atomic E-state index is 12.5. The number of hydrogen-bond donors (Lipinski definition) is 1. The van der Waals surface area contributed by atoms with Gasteiger partial charge in [0.1, 0.15) is 0 Å². The summed E-state index contributed by atoms with van der Waals surface area (Å²) in [7, 11) is 3.19. The van der Waals surface area contributed by atoms with Gasteiger partial charge in [-0.1, -0.05) is 48.2 Å². The van der Waals surface area contributed by atoms with Gasteiger partial charge in [-0.05, 0) is 42.0 Å². The zero-order chi connectivity index (χ0) is 21.6. The van der Waals surface area contributed by atoms with Crippen LogP contribution < -0.4 is 14.8 Å². The summed E-state index contributed by atoms with van der Waals surface area (Å²) in [6.45, 7) is 0.412. The lowest BCUT2D eigenvalue weighted by Crippen LogP contribution is -2.24. The highest BCUT2D eigenvalue weighted by Crippen LogP contribution is 2.29. The number of benzene rings is 3. The van der Waals surface area contributed by atoms with Gasteiger partial charge >= 0.3 is 0 Å². The van der Waals surface area contributed by atoms with E-state index in [2.05, 4.69) is 9.88 Å². The summed E-state index contributed by atoms with van der Waals surface area (Å²) in [4.78, 5) is 17.2. The first kappa shape index (κ1) is 20.8. The summed E-state index contributed by atoms with van der Waals surface area (Å²) in [5.74, 6) is 1.50. The van der Waals surface area contributed by atoms with Gasteiger partial charge in [-0.25, -0.2) is 4.98 Å². The Morgan fingerprint density at radius 3 is 2.48 bits per heavy atom. The molecule has 7 heteroatoms. The second-order valence-corrected chi connectivity index (χ2v) is 7.75. The van der Waals surface area contributed by atoms with Crippen LogP contribution in [0, 0.1) is 0 Å². The minimum Gasteiger partial charge on any atom is -0.493 e. The van der Waals surface area contributed by atoms with Gasteiger partial charge in [0.05, 0.1) is 31.0 Å². The lowest BCUT2D eigenvalue weighted by atomic mass is 10.2. The SMILES string of the molecule is COc1ccc(CNC(=O)CSc2nc3ccccc3n2-c2ccccc2)cc1OC. The number of thioether (sulfide) groups is 1. The van der Waals surface area contributed by atoms with Crippen molar-refractivity contribution in [3.8, 4) is 17.2 Å². The third-order valence-electron chi connectivity index (χ3n) is 4.81. The van der Waals surface area contributed by atoms with Gasteiger partial charge in [-0.3, -0.25) is 9.36 Å². The molecule has 31 heavy (non-hydrogen) atoms. The molecule has 6 nitrogen and oxygen atoms in total. The van der Waals surface area contributed by atoms with Crippen LogP contribution in [0.3, 0.4) is 0 Å². The number of fused-ring (bicyclic) bond motifs is 1. The number of imidazole rings is 1. The number of aromatic nitrogens is 2. The molecule has 0 saturated carbocycles. The van der Waals surface area contributed by atoms with E-state index in [1.54, 1.807) is 14.2 Å². The first-order valence-electron chi connectivity index (χ1n) is 9.83. The number of rotatable bonds is 8. The highest BCUT2D eigenvalue weighted by Gasteiger charge is 2.14. The number of para-hydroxylation sites is 3. The van der Waals surface area contributed by atoms with Crippen LogP contribution >= 0.6 is 11.8 Å². The van der Waals surface area contributed by atoms with Crippen LogP contribution in [0.1, 0.15) is 5.56 Å². The highest BCUT2D eigenvalue weighted by atomic mass is 32.2. The molecule has 0 aliphatic carbocycles. The lowest BCUT2D eigenvalue weighted by molar-refractivity contribution is -0.118. The Labute approximate surface area is 185 Å². The van der Waals surface area contributed by atoms with E-state index in [0.717, 1.165) is 27.4 Å². The molecule has 1 N–H and O–H groups in total. The molecule has 0 unspecified atom stereocenters. The Bertz CT molecular complexity index is 1190. The number of methoxy groups -OCH3 is 2. The smallest absolute Gasteiger partial charge is 0.230 e. The molecule has 0 radical (unpaired) electrons. The second-order valence-electron chi connectivity index (χ2n) is 6.81. The fraction of sp³-hybridized carbons (Fsp3) is 0.167. The van der Waals surface area contributed by atoms with E-state index in [4.69, 9.17) is 14.5 Å². The van der Waals surface area contributed by atoms with Crippen molar-refractivity contribution < 1.29 is 14.3 Å². The Balaban J connectivity index is 1.45. The van der Waals surface area contributed by atoms with Crippen LogP contribution in [0.5, 0.6) is 11.5 Å². The van der Waals surface area contributed by atoms with E-state index in [9.17, 15) is 4.79 Å². The van der Waals surface area contributed by atoms with Crippen molar-refractivity contribution in [2.75, 3.05) is 20.0 Å². The molecule has 1 heterocycles. The predicted molar refractivity (Wildman–Crippen MR) is 123 cm³/mol.